The number of hydrogen-bond donors (Lipinski definition) is 2. The zero-order valence-corrected chi connectivity index (χ0v) is 9.86. The molecule has 0 bridgehead atoms. The lowest BCUT2D eigenvalue weighted by atomic mass is 10.2. The largest absolute Gasteiger partial charge is 0.378 e. The number of anilines is 1. The van der Waals surface area contributed by atoms with E-state index >= 15 is 0 Å². The molecule has 1 atom stereocenters. The summed E-state index contributed by atoms with van der Waals surface area (Å²) < 4.78 is 10.3. The first-order valence-electron chi connectivity index (χ1n) is 5.84. The average Bonchev–Trinajstić information content (AvgIpc) is 2.90. The molecular formula is C11H17N3O3. The van der Waals surface area contributed by atoms with Crippen molar-refractivity contribution in [2.45, 2.75) is 32.3 Å². The highest BCUT2D eigenvalue weighted by molar-refractivity contribution is 5.88. The Morgan fingerprint density at radius 2 is 2.53 bits per heavy atom. The number of carbonyl (C=O) groups excluding carboxylic acids is 1. The van der Waals surface area contributed by atoms with E-state index in [1.54, 1.807) is 13.0 Å². The van der Waals surface area contributed by atoms with E-state index in [4.69, 9.17) is 9.26 Å². The quantitative estimate of drug-likeness (QED) is 0.838. The van der Waals surface area contributed by atoms with E-state index in [0.29, 0.717) is 24.2 Å². The van der Waals surface area contributed by atoms with Gasteiger partial charge in [0.15, 0.2) is 5.82 Å². The third kappa shape index (κ3) is 3.74. The van der Waals surface area contributed by atoms with Crippen LogP contribution in [-0.2, 0) is 4.74 Å². The molecule has 1 saturated heterocycles. The van der Waals surface area contributed by atoms with Gasteiger partial charge in [0.1, 0.15) is 5.76 Å². The zero-order valence-electron chi connectivity index (χ0n) is 9.86. The second kappa shape index (κ2) is 5.67. The van der Waals surface area contributed by atoms with Gasteiger partial charge >= 0.3 is 6.03 Å². The van der Waals surface area contributed by atoms with Crippen molar-refractivity contribution >= 4 is 11.8 Å². The number of nitrogens with one attached hydrogen (secondary N) is 2. The minimum atomic E-state index is -0.267. The number of ether oxygens (including phenoxy) is 1. The summed E-state index contributed by atoms with van der Waals surface area (Å²) >= 11 is 0. The van der Waals surface area contributed by atoms with Crippen LogP contribution in [0.2, 0.25) is 0 Å². The Bertz CT molecular complexity index is 372. The highest BCUT2D eigenvalue weighted by Gasteiger charge is 2.15. The average molecular weight is 239 g/mol. The van der Waals surface area contributed by atoms with Crippen molar-refractivity contribution < 1.29 is 14.1 Å². The maximum absolute atomic E-state index is 11.5. The molecule has 0 spiro atoms. The van der Waals surface area contributed by atoms with Gasteiger partial charge in [-0.1, -0.05) is 5.16 Å². The van der Waals surface area contributed by atoms with Crippen molar-refractivity contribution in [3.63, 3.8) is 0 Å². The van der Waals surface area contributed by atoms with Crippen LogP contribution in [0, 0.1) is 6.92 Å². The summed E-state index contributed by atoms with van der Waals surface area (Å²) in [5.41, 5.74) is 0. The molecule has 94 valence electrons. The smallest absolute Gasteiger partial charge is 0.320 e. The summed E-state index contributed by atoms with van der Waals surface area (Å²) in [4.78, 5) is 11.5. The highest BCUT2D eigenvalue weighted by Crippen LogP contribution is 2.14. The van der Waals surface area contributed by atoms with E-state index in [1.807, 2.05) is 0 Å². The van der Waals surface area contributed by atoms with Crippen molar-refractivity contribution in [3.05, 3.63) is 11.8 Å². The first-order chi connectivity index (χ1) is 8.24. The van der Waals surface area contributed by atoms with Gasteiger partial charge in [-0.05, 0) is 26.2 Å². The van der Waals surface area contributed by atoms with Gasteiger partial charge in [0, 0.05) is 19.2 Å². The topological polar surface area (TPSA) is 76.4 Å². The van der Waals surface area contributed by atoms with E-state index in [2.05, 4.69) is 15.8 Å². The summed E-state index contributed by atoms with van der Waals surface area (Å²) in [5, 5.41) is 9.02. The molecule has 17 heavy (non-hydrogen) atoms. The second-order valence-electron chi connectivity index (χ2n) is 4.13. The fourth-order valence-corrected chi connectivity index (χ4v) is 1.80. The summed E-state index contributed by atoms with van der Waals surface area (Å²) in [6.45, 7) is 3.22. The fourth-order valence-electron chi connectivity index (χ4n) is 1.80. The van der Waals surface area contributed by atoms with Crippen molar-refractivity contribution in [2.24, 2.45) is 0 Å². The van der Waals surface area contributed by atoms with Crippen LogP contribution in [0.1, 0.15) is 25.0 Å². The molecule has 0 saturated carbocycles. The van der Waals surface area contributed by atoms with Crippen molar-refractivity contribution in [3.8, 4) is 0 Å². The third-order valence-electron chi connectivity index (χ3n) is 2.65. The number of aryl methyl sites for hydroxylation is 1. The van der Waals surface area contributed by atoms with E-state index in [0.717, 1.165) is 25.9 Å². The first kappa shape index (κ1) is 11.9. The number of nitrogens with zero attached hydrogens (tertiary/aromatic N) is 1. The van der Waals surface area contributed by atoms with Gasteiger partial charge in [-0.25, -0.2) is 4.79 Å². The zero-order chi connectivity index (χ0) is 12.1. The Labute approximate surface area is 99.7 Å². The molecule has 1 unspecified atom stereocenters. The van der Waals surface area contributed by atoms with Crippen LogP contribution in [0.3, 0.4) is 0 Å². The SMILES string of the molecule is Cc1cc(NC(=O)NCCC2CCCO2)no1. The van der Waals surface area contributed by atoms with Gasteiger partial charge in [-0.3, -0.25) is 5.32 Å². The molecule has 2 rings (SSSR count). The number of urea groups is 1. The molecule has 2 amide bonds. The van der Waals surface area contributed by atoms with Gasteiger partial charge in [0.05, 0.1) is 6.10 Å². The Kier molecular flexibility index (Phi) is 3.98. The molecule has 1 aromatic heterocycles. The molecule has 0 aromatic carbocycles. The predicted molar refractivity (Wildman–Crippen MR) is 61.9 cm³/mol. The molecule has 1 aromatic rings. The van der Waals surface area contributed by atoms with Gasteiger partial charge in [-0.15, -0.1) is 0 Å². The maximum Gasteiger partial charge on any atom is 0.320 e. The van der Waals surface area contributed by atoms with Crippen LogP contribution in [-0.4, -0.2) is 30.4 Å². The Hall–Kier alpha value is -1.56. The van der Waals surface area contributed by atoms with Crippen molar-refractivity contribution in [1.29, 1.82) is 0 Å². The number of amides is 2. The van der Waals surface area contributed by atoms with Crippen molar-refractivity contribution in [1.82, 2.24) is 10.5 Å². The predicted octanol–water partition coefficient (Wildman–Crippen LogP) is 1.67. The van der Waals surface area contributed by atoms with Crippen LogP contribution < -0.4 is 10.6 Å². The molecule has 0 aliphatic carbocycles. The Morgan fingerprint density at radius 3 is 3.18 bits per heavy atom. The molecule has 1 fully saturated rings. The number of carbonyl (C=O) groups is 1. The summed E-state index contributed by atoms with van der Waals surface area (Å²) in [6.07, 6.45) is 3.36. The van der Waals surface area contributed by atoms with E-state index < -0.39 is 0 Å². The lowest BCUT2D eigenvalue weighted by Gasteiger charge is -2.09. The third-order valence-corrected chi connectivity index (χ3v) is 2.65. The summed E-state index contributed by atoms with van der Waals surface area (Å²) in [7, 11) is 0. The van der Waals surface area contributed by atoms with Crippen LogP contribution >= 0.6 is 0 Å². The van der Waals surface area contributed by atoms with Crippen LogP contribution in [0.15, 0.2) is 10.6 Å². The van der Waals surface area contributed by atoms with Crippen molar-refractivity contribution in [2.75, 3.05) is 18.5 Å². The molecule has 6 heteroatoms. The molecule has 2 N–H and O–H groups in total. The standard InChI is InChI=1S/C11H17N3O3/c1-8-7-10(14-17-8)13-11(15)12-5-4-9-3-2-6-16-9/h7,9H,2-6H2,1H3,(H2,12,13,14,15). The number of aromatic nitrogens is 1. The van der Waals surface area contributed by atoms with E-state index in [-0.39, 0.29) is 6.03 Å². The lowest BCUT2D eigenvalue weighted by Crippen LogP contribution is -2.31. The molecule has 6 nitrogen and oxygen atoms in total. The molecule has 1 aliphatic heterocycles. The Balaban J connectivity index is 1.63. The molecule has 0 radical (unpaired) electrons. The van der Waals surface area contributed by atoms with Gasteiger partial charge in [0.25, 0.3) is 0 Å². The molecular weight excluding hydrogens is 222 g/mol. The van der Waals surface area contributed by atoms with Crippen LogP contribution in [0.5, 0.6) is 0 Å². The van der Waals surface area contributed by atoms with Crippen LogP contribution in [0.25, 0.3) is 0 Å². The van der Waals surface area contributed by atoms with E-state index in [1.165, 1.54) is 0 Å². The number of hydrogen-bond acceptors (Lipinski definition) is 4. The first-order valence-corrected chi connectivity index (χ1v) is 5.84. The Morgan fingerprint density at radius 1 is 1.65 bits per heavy atom. The molecule has 1 aliphatic rings. The maximum atomic E-state index is 11.5. The lowest BCUT2D eigenvalue weighted by molar-refractivity contribution is 0.105. The monoisotopic (exact) mass is 239 g/mol. The molecule has 2 heterocycles. The second-order valence-corrected chi connectivity index (χ2v) is 4.13. The van der Waals surface area contributed by atoms with Gasteiger partial charge < -0.3 is 14.6 Å². The number of rotatable bonds is 4. The minimum absolute atomic E-state index is 0.267. The normalized spacial score (nSPS) is 19.2. The van der Waals surface area contributed by atoms with Gasteiger partial charge in [-0.2, -0.15) is 0 Å². The highest BCUT2D eigenvalue weighted by atomic mass is 16.5. The fraction of sp³-hybridized carbons (Fsp3) is 0.636. The van der Waals surface area contributed by atoms with E-state index in [9.17, 15) is 4.79 Å². The van der Waals surface area contributed by atoms with Crippen LogP contribution in [0.4, 0.5) is 10.6 Å². The van der Waals surface area contributed by atoms with Gasteiger partial charge in [0.2, 0.25) is 0 Å². The summed E-state index contributed by atoms with van der Waals surface area (Å²) in [5.74, 6) is 1.09. The minimum Gasteiger partial charge on any atom is -0.378 e. The summed E-state index contributed by atoms with van der Waals surface area (Å²) in [6, 6.07) is 1.40.